The lowest BCUT2D eigenvalue weighted by molar-refractivity contribution is 0.0755. The summed E-state index contributed by atoms with van der Waals surface area (Å²) in [5.41, 5.74) is 0.516. The molecule has 6 heteroatoms. The number of nitrogens with zero attached hydrogens (tertiary/aromatic N) is 3. The number of phenolic OH excluding ortho intramolecular Hbond substituents is 1. The van der Waals surface area contributed by atoms with Gasteiger partial charge in [0.15, 0.2) is 11.5 Å². The molecule has 0 spiro atoms. The Morgan fingerprint density at radius 2 is 1.96 bits per heavy atom. The number of likely N-dealkylation sites (N-methyl/N-ethyl adjacent to an activating group) is 1. The van der Waals surface area contributed by atoms with Crippen LogP contribution in [0, 0.1) is 0 Å². The molecule has 2 fully saturated rings. The van der Waals surface area contributed by atoms with Crippen molar-refractivity contribution in [3.05, 3.63) is 23.8 Å². The largest absolute Gasteiger partial charge is 0.504 e. The third-order valence-electron chi connectivity index (χ3n) is 4.93. The number of aromatic hydroxyl groups is 1. The molecule has 23 heavy (non-hydrogen) atoms. The number of benzene rings is 1. The minimum absolute atomic E-state index is 0.00756. The zero-order chi connectivity index (χ0) is 16.4. The Labute approximate surface area is 137 Å². The van der Waals surface area contributed by atoms with E-state index in [1.165, 1.54) is 13.2 Å². The van der Waals surface area contributed by atoms with Gasteiger partial charge in [0.25, 0.3) is 5.91 Å². The Balaban J connectivity index is 1.62. The SMILES string of the molecule is COc1ccc(C(=O)N2CC[C@H](N3CCN(C)CC3)C2)cc1O. The Bertz CT molecular complexity index is 570. The van der Waals surface area contributed by atoms with Crippen LogP contribution < -0.4 is 4.74 Å². The molecule has 0 bridgehead atoms. The molecule has 6 nitrogen and oxygen atoms in total. The van der Waals surface area contributed by atoms with Gasteiger partial charge in [0.2, 0.25) is 0 Å². The molecule has 2 aliphatic heterocycles. The standard InChI is InChI=1S/C17H25N3O3/c1-18-7-9-19(10-8-18)14-5-6-20(12-14)17(22)13-3-4-16(23-2)15(21)11-13/h3-4,11,14,21H,5-10,12H2,1-2H3/t14-/m0/s1. The van der Waals surface area contributed by atoms with Gasteiger partial charge in [-0.05, 0) is 31.7 Å². The van der Waals surface area contributed by atoms with Gasteiger partial charge in [-0.25, -0.2) is 0 Å². The van der Waals surface area contributed by atoms with Crippen molar-refractivity contribution in [3.8, 4) is 11.5 Å². The summed E-state index contributed by atoms with van der Waals surface area (Å²) in [6.45, 7) is 5.89. The average Bonchev–Trinajstić information content (AvgIpc) is 3.04. The van der Waals surface area contributed by atoms with Gasteiger partial charge in [0.05, 0.1) is 7.11 Å². The Kier molecular flexibility index (Phi) is 4.73. The quantitative estimate of drug-likeness (QED) is 0.896. The molecule has 2 aliphatic rings. The molecule has 0 aromatic heterocycles. The fourth-order valence-electron chi connectivity index (χ4n) is 3.42. The molecular formula is C17H25N3O3. The molecule has 1 aromatic carbocycles. The minimum Gasteiger partial charge on any atom is -0.504 e. The monoisotopic (exact) mass is 319 g/mol. The van der Waals surface area contributed by atoms with Gasteiger partial charge in [-0.2, -0.15) is 0 Å². The maximum Gasteiger partial charge on any atom is 0.254 e. The van der Waals surface area contributed by atoms with E-state index in [1.54, 1.807) is 12.1 Å². The van der Waals surface area contributed by atoms with E-state index in [1.807, 2.05) is 4.90 Å². The summed E-state index contributed by atoms with van der Waals surface area (Å²) in [4.78, 5) is 19.4. The van der Waals surface area contributed by atoms with Crippen molar-refractivity contribution in [3.63, 3.8) is 0 Å². The first-order valence-corrected chi connectivity index (χ1v) is 8.17. The molecule has 0 unspecified atom stereocenters. The van der Waals surface area contributed by atoms with Crippen molar-refractivity contribution in [1.82, 2.24) is 14.7 Å². The van der Waals surface area contributed by atoms with Crippen LogP contribution in [0.5, 0.6) is 11.5 Å². The van der Waals surface area contributed by atoms with E-state index in [0.29, 0.717) is 17.4 Å². The zero-order valence-electron chi connectivity index (χ0n) is 13.9. The lowest BCUT2D eigenvalue weighted by Gasteiger charge is -2.36. The van der Waals surface area contributed by atoms with Crippen LogP contribution in [0.2, 0.25) is 0 Å². The van der Waals surface area contributed by atoms with Crippen molar-refractivity contribution >= 4 is 5.91 Å². The predicted octanol–water partition coefficient (Wildman–Crippen LogP) is 0.863. The van der Waals surface area contributed by atoms with E-state index in [-0.39, 0.29) is 11.7 Å². The maximum absolute atomic E-state index is 12.6. The highest BCUT2D eigenvalue weighted by molar-refractivity contribution is 5.95. The van der Waals surface area contributed by atoms with Gasteiger partial charge in [-0.1, -0.05) is 0 Å². The number of likely N-dealkylation sites (tertiary alicyclic amines) is 1. The second kappa shape index (κ2) is 6.76. The number of ether oxygens (including phenoxy) is 1. The summed E-state index contributed by atoms with van der Waals surface area (Å²) in [7, 11) is 3.65. The number of amides is 1. The predicted molar refractivity (Wildman–Crippen MR) is 88.0 cm³/mol. The smallest absolute Gasteiger partial charge is 0.254 e. The van der Waals surface area contributed by atoms with Crippen LogP contribution >= 0.6 is 0 Å². The van der Waals surface area contributed by atoms with Gasteiger partial charge in [-0.3, -0.25) is 9.69 Å². The van der Waals surface area contributed by atoms with E-state index in [2.05, 4.69) is 16.8 Å². The van der Waals surface area contributed by atoms with Crippen molar-refractivity contribution in [1.29, 1.82) is 0 Å². The van der Waals surface area contributed by atoms with Gasteiger partial charge in [0.1, 0.15) is 0 Å². The highest BCUT2D eigenvalue weighted by atomic mass is 16.5. The molecule has 0 radical (unpaired) electrons. The van der Waals surface area contributed by atoms with Crippen LogP contribution in [0.3, 0.4) is 0 Å². The minimum atomic E-state index is -0.0143. The van der Waals surface area contributed by atoms with E-state index >= 15 is 0 Å². The van der Waals surface area contributed by atoms with Gasteiger partial charge < -0.3 is 19.6 Å². The first-order valence-electron chi connectivity index (χ1n) is 8.17. The molecule has 1 N–H and O–H groups in total. The van der Waals surface area contributed by atoms with Crippen LogP contribution in [-0.4, -0.2) is 85.2 Å². The Morgan fingerprint density at radius 1 is 1.22 bits per heavy atom. The van der Waals surface area contributed by atoms with Gasteiger partial charge >= 0.3 is 0 Å². The van der Waals surface area contributed by atoms with Gasteiger partial charge in [0, 0.05) is 50.9 Å². The van der Waals surface area contributed by atoms with Crippen LogP contribution in [0.25, 0.3) is 0 Å². The molecule has 126 valence electrons. The molecule has 1 atom stereocenters. The Morgan fingerprint density at radius 3 is 2.61 bits per heavy atom. The highest BCUT2D eigenvalue weighted by Gasteiger charge is 2.32. The lowest BCUT2D eigenvalue weighted by Crippen LogP contribution is -2.50. The zero-order valence-corrected chi connectivity index (χ0v) is 13.9. The summed E-state index contributed by atoms with van der Waals surface area (Å²) in [5, 5.41) is 9.86. The van der Waals surface area contributed by atoms with Crippen molar-refractivity contribution in [2.75, 3.05) is 53.4 Å². The number of carbonyl (C=O) groups is 1. The summed E-state index contributed by atoms with van der Waals surface area (Å²) < 4.78 is 5.02. The number of hydrogen-bond acceptors (Lipinski definition) is 5. The van der Waals surface area contributed by atoms with Crippen molar-refractivity contribution in [2.24, 2.45) is 0 Å². The third-order valence-corrected chi connectivity index (χ3v) is 4.93. The van der Waals surface area contributed by atoms with E-state index in [9.17, 15) is 9.90 Å². The number of phenols is 1. The van der Waals surface area contributed by atoms with Crippen molar-refractivity contribution in [2.45, 2.75) is 12.5 Å². The fraction of sp³-hybridized carbons (Fsp3) is 0.588. The summed E-state index contributed by atoms with van der Waals surface area (Å²) >= 11 is 0. The average molecular weight is 319 g/mol. The third kappa shape index (κ3) is 3.43. The molecule has 2 heterocycles. The molecular weight excluding hydrogens is 294 g/mol. The molecule has 3 rings (SSSR count). The maximum atomic E-state index is 12.6. The van der Waals surface area contributed by atoms with E-state index < -0.39 is 0 Å². The molecule has 1 aromatic rings. The van der Waals surface area contributed by atoms with Gasteiger partial charge in [-0.15, -0.1) is 0 Å². The fourth-order valence-corrected chi connectivity index (χ4v) is 3.42. The lowest BCUT2D eigenvalue weighted by atomic mass is 10.1. The van der Waals surface area contributed by atoms with E-state index in [4.69, 9.17) is 4.74 Å². The summed E-state index contributed by atoms with van der Waals surface area (Å²) in [5.74, 6) is 0.381. The van der Waals surface area contributed by atoms with Crippen LogP contribution in [0.15, 0.2) is 18.2 Å². The topological polar surface area (TPSA) is 56.2 Å². The number of methoxy groups -OCH3 is 1. The Hall–Kier alpha value is -1.79. The first-order chi connectivity index (χ1) is 11.1. The normalized spacial score (nSPS) is 23.2. The van der Waals surface area contributed by atoms with Crippen LogP contribution in [0.4, 0.5) is 0 Å². The second-order valence-electron chi connectivity index (χ2n) is 6.42. The molecule has 0 saturated carbocycles. The molecule has 0 aliphatic carbocycles. The van der Waals surface area contributed by atoms with Crippen molar-refractivity contribution < 1.29 is 14.6 Å². The summed E-state index contributed by atoms with van der Waals surface area (Å²) in [6, 6.07) is 5.30. The molecule has 2 saturated heterocycles. The van der Waals surface area contributed by atoms with Crippen LogP contribution in [-0.2, 0) is 0 Å². The highest BCUT2D eigenvalue weighted by Crippen LogP contribution is 2.27. The van der Waals surface area contributed by atoms with E-state index in [0.717, 1.165) is 45.7 Å². The molecule has 1 amide bonds. The first kappa shape index (κ1) is 16.1. The number of piperazine rings is 1. The number of carbonyl (C=O) groups excluding carboxylic acids is 1. The summed E-state index contributed by atoms with van der Waals surface area (Å²) in [6.07, 6.45) is 1.03. The van der Waals surface area contributed by atoms with Crippen LogP contribution in [0.1, 0.15) is 16.8 Å². The number of hydrogen-bond donors (Lipinski definition) is 1. The second-order valence-corrected chi connectivity index (χ2v) is 6.42. The number of rotatable bonds is 3.